The third kappa shape index (κ3) is 4.67. The lowest BCUT2D eigenvalue weighted by atomic mass is 9.68. The standard InChI is InChI=1S/C23H28F3N3O/c24-23(25,26)19-13-18(15-28-16-19)14-27-11-8-21(20-5-1-4-10-29-20)9-12-30-22(17-21)6-2-3-7-22/h1,4-5,10,13,15-16,27H,2-3,6-9,11-12,14,17H2/t21-/m1/s1. The van der Waals surface area contributed by atoms with Gasteiger partial charge in [-0.3, -0.25) is 9.97 Å². The second kappa shape index (κ2) is 8.63. The minimum absolute atomic E-state index is 0.0409. The average molecular weight is 419 g/mol. The van der Waals surface area contributed by atoms with Crippen molar-refractivity contribution in [3.8, 4) is 0 Å². The summed E-state index contributed by atoms with van der Waals surface area (Å²) in [5.74, 6) is 0. The van der Waals surface area contributed by atoms with Crippen molar-refractivity contribution in [2.45, 2.75) is 68.7 Å². The summed E-state index contributed by atoms with van der Waals surface area (Å²) in [6.07, 6.45) is 7.19. The van der Waals surface area contributed by atoms with Crippen LogP contribution in [0.1, 0.15) is 61.8 Å². The summed E-state index contributed by atoms with van der Waals surface area (Å²) in [7, 11) is 0. The van der Waals surface area contributed by atoms with E-state index in [2.05, 4.69) is 21.4 Å². The number of halogens is 3. The van der Waals surface area contributed by atoms with E-state index < -0.39 is 11.7 Å². The maximum Gasteiger partial charge on any atom is 0.417 e. The Labute approximate surface area is 175 Å². The zero-order valence-corrected chi connectivity index (χ0v) is 17.0. The molecular weight excluding hydrogens is 391 g/mol. The summed E-state index contributed by atoms with van der Waals surface area (Å²) >= 11 is 0. The molecule has 162 valence electrons. The second-order valence-electron chi connectivity index (χ2n) is 8.67. The third-order valence-corrected chi connectivity index (χ3v) is 6.60. The van der Waals surface area contributed by atoms with E-state index in [1.807, 2.05) is 18.3 Å². The van der Waals surface area contributed by atoms with E-state index in [4.69, 9.17) is 4.74 Å². The van der Waals surface area contributed by atoms with Gasteiger partial charge in [-0.15, -0.1) is 0 Å². The number of hydrogen-bond acceptors (Lipinski definition) is 4. The quantitative estimate of drug-likeness (QED) is 0.667. The molecule has 30 heavy (non-hydrogen) atoms. The number of pyridine rings is 2. The van der Waals surface area contributed by atoms with Crippen LogP contribution in [-0.4, -0.2) is 28.7 Å². The highest BCUT2D eigenvalue weighted by atomic mass is 19.4. The van der Waals surface area contributed by atoms with Crippen LogP contribution in [-0.2, 0) is 22.9 Å². The number of ether oxygens (including phenoxy) is 1. The highest BCUT2D eigenvalue weighted by Crippen LogP contribution is 2.49. The molecule has 2 aromatic heterocycles. The number of nitrogens with zero attached hydrogens (tertiary/aromatic N) is 2. The SMILES string of the molecule is FC(F)(F)c1cncc(CNCC[C@@]2(c3ccccn3)CCOC3(CCCC3)C2)c1. The third-order valence-electron chi connectivity index (χ3n) is 6.60. The molecule has 2 fully saturated rings. The maximum atomic E-state index is 12.9. The molecule has 1 aliphatic heterocycles. The Balaban J connectivity index is 1.43. The lowest BCUT2D eigenvalue weighted by molar-refractivity contribution is -0.137. The average Bonchev–Trinajstić information content (AvgIpc) is 3.19. The van der Waals surface area contributed by atoms with Crippen LogP contribution in [0.25, 0.3) is 0 Å². The van der Waals surface area contributed by atoms with Gasteiger partial charge in [-0.1, -0.05) is 18.9 Å². The second-order valence-corrected chi connectivity index (χ2v) is 8.67. The van der Waals surface area contributed by atoms with Gasteiger partial charge in [-0.2, -0.15) is 13.2 Å². The van der Waals surface area contributed by atoms with Crippen LogP contribution in [0.15, 0.2) is 42.9 Å². The van der Waals surface area contributed by atoms with Crippen molar-refractivity contribution < 1.29 is 17.9 Å². The summed E-state index contributed by atoms with van der Waals surface area (Å²) in [5, 5.41) is 3.33. The normalized spacial score (nSPS) is 23.7. The molecule has 3 heterocycles. The van der Waals surface area contributed by atoms with Gasteiger partial charge in [-0.05, 0) is 62.4 Å². The highest BCUT2D eigenvalue weighted by Gasteiger charge is 2.48. The molecule has 1 saturated carbocycles. The fraction of sp³-hybridized carbons (Fsp3) is 0.565. The van der Waals surface area contributed by atoms with Gasteiger partial charge in [0.25, 0.3) is 0 Å². The fourth-order valence-corrected chi connectivity index (χ4v) is 5.10. The first-order chi connectivity index (χ1) is 14.4. The lowest BCUT2D eigenvalue weighted by Gasteiger charge is -2.46. The monoisotopic (exact) mass is 419 g/mol. The van der Waals surface area contributed by atoms with Crippen LogP contribution in [0.4, 0.5) is 13.2 Å². The molecule has 0 radical (unpaired) electrons. The molecule has 1 atom stereocenters. The molecule has 1 saturated heterocycles. The molecule has 0 unspecified atom stereocenters. The van der Waals surface area contributed by atoms with Crippen molar-refractivity contribution in [1.29, 1.82) is 0 Å². The predicted molar refractivity (Wildman–Crippen MR) is 108 cm³/mol. The van der Waals surface area contributed by atoms with E-state index in [1.54, 1.807) is 0 Å². The van der Waals surface area contributed by atoms with Gasteiger partial charge in [0, 0.05) is 42.9 Å². The van der Waals surface area contributed by atoms with Gasteiger partial charge in [0.2, 0.25) is 0 Å². The van der Waals surface area contributed by atoms with Gasteiger partial charge in [0.05, 0.1) is 11.2 Å². The molecule has 1 N–H and O–H groups in total. The van der Waals surface area contributed by atoms with E-state index in [0.29, 0.717) is 18.7 Å². The van der Waals surface area contributed by atoms with Gasteiger partial charge in [0.1, 0.15) is 0 Å². The summed E-state index contributed by atoms with van der Waals surface area (Å²) in [4.78, 5) is 8.43. The van der Waals surface area contributed by atoms with Crippen LogP contribution < -0.4 is 5.32 Å². The van der Waals surface area contributed by atoms with Crippen LogP contribution >= 0.6 is 0 Å². The summed E-state index contributed by atoms with van der Waals surface area (Å²) in [5.41, 5.74) is 0.821. The lowest BCUT2D eigenvalue weighted by Crippen LogP contribution is -2.47. The summed E-state index contributed by atoms with van der Waals surface area (Å²) < 4.78 is 45.0. The Morgan fingerprint density at radius 1 is 1.10 bits per heavy atom. The number of rotatable bonds is 6. The topological polar surface area (TPSA) is 47.0 Å². The molecular formula is C23H28F3N3O. The zero-order chi connectivity index (χ0) is 21.1. The van der Waals surface area contributed by atoms with Crippen molar-refractivity contribution in [2.75, 3.05) is 13.2 Å². The van der Waals surface area contributed by atoms with E-state index in [0.717, 1.165) is 56.7 Å². The summed E-state index contributed by atoms with van der Waals surface area (Å²) in [6, 6.07) is 7.23. The molecule has 0 bridgehead atoms. The van der Waals surface area contributed by atoms with Gasteiger partial charge in [0.15, 0.2) is 0 Å². The van der Waals surface area contributed by atoms with Crippen LogP contribution in [0.2, 0.25) is 0 Å². The number of hydrogen-bond donors (Lipinski definition) is 1. The highest BCUT2D eigenvalue weighted by molar-refractivity contribution is 5.22. The van der Waals surface area contributed by atoms with E-state index in [1.165, 1.54) is 19.0 Å². The number of alkyl halides is 3. The molecule has 1 aliphatic carbocycles. The zero-order valence-electron chi connectivity index (χ0n) is 17.0. The first-order valence-electron chi connectivity index (χ1n) is 10.7. The van der Waals surface area contributed by atoms with Crippen molar-refractivity contribution in [1.82, 2.24) is 15.3 Å². The molecule has 2 aromatic rings. The molecule has 1 spiro atoms. The Hall–Kier alpha value is -1.99. The smallest absolute Gasteiger partial charge is 0.375 e. The molecule has 4 nitrogen and oxygen atoms in total. The molecule has 0 aromatic carbocycles. The van der Waals surface area contributed by atoms with Crippen molar-refractivity contribution in [3.63, 3.8) is 0 Å². The molecule has 7 heteroatoms. The first kappa shape index (κ1) is 21.2. The number of nitrogens with one attached hydrogen (secondary N) is 1. The van der Waals surface area contributed by atoms with E-state index >= 15 is 0 Å². The van der Waals surface area contributed by atoms with E-state index in [9.17, 15) is 13.2 Å². The van der Waals surface area contributed by atoms with Crippen LogP contribution in [0.5, 0.6) is 0 Å². The molecule has 2 aliphatic rings. The van der Waals surface area contributed by atoms with Crippen molar-refractivity contribution >= 4 is 0 Å². The minimum atomic E-state index is -4.37. The maximum absolute atomic E-state index is 12.9. The van der Waals surface area contributed by atoms with Gasteiger partial charge >= 0.3 is 6.18 Å². The van der Waals surface area contributed by atoms with Crippen molar-refractivity contribution in [3.05, 3.63) is 59.7 Å². The van der Waals surface area contributed by atoms with Crippen molar-refractivity contribution in [2.24, 2.45) is 0 Å². The Morgan fingerprint density at radius 3 is 2.67 bits per heavy atom. The van der Waals surface area contributed by atoms with Gasteiger partial charge < -0.3 is 10.1 Å². The van der Waals surface area contributed by atoms with Crippen LogP contribution in [0, 0.1) is 0 Å². The predicted octanol–water partition coefficient (Wildman–Crippen LogP) is 5.04. The molecule has 4 rings (SSSR count). The Bertz CT molecular complexity index is 837. The number of aromatic nitrogens is 2. The van der Waals surface area contributed by atoms with Crippen LogP contribution in [0.3, 0.4) is 0 Å². The minimum Gasteiger partial charge on any atom is -0.375 e. The molecule has 0 amide bonds. The Morgan fingerprint density at radius 2 is 1.93 bits per heavy atom. The Kier molecular flexibility index (Phi) is 6.11. The van der Waals surface area contributed by atoms with E-state index in [-0.39, 0.29) is 11.0 Å². The summed E-state index contributed by atoms with van der Waals surface area (Å²) in [6.45, 7) is 1.79. The largest absolute Gasteiger partial charge is 0.417 e. The first-order valence-corrected chi connectivity index (χ1v) is 10.7. The fourth-order valence-electron chi connectivity index (χ4n) is 5.10. The van der Waals surface area contributed by atoms with Gasteiger partial charge in [-0.25, -0.2) is 0 Å².